The van der Waals surface area contributed by atoms with Gasteiger partial charge in [-0.05, 0) is 48.3 Å². The van der Waals surface area contributed by atoms with Gasteiger partial charge in [0.05, 0.1) is 0 Å². The number of carbonyl (C=O) groups is 1. The fraction of sp³-hybridized carbons (Fsp3) is 0.296. The Balaban J connectivity index is 0.000000253. The van der Waals surface area contributed by atoms with E-state index in [2.05, 4.69) is 5.32 Å². The molecule has 2 aromatic rings. The molecule has 0 fully saturated rings. The predicted molar refractivity (Wildman–Crippen MR) is 147 cm³/mol. The first-order valence-corrected chi connectivity index (χ1v) is 11.5. The van der Waals surface area contributed by atoms with E-state index in [0.29, 0.717) is 62.0 Å². The molecule has 0 amide bonds. The van der Waals surface area contributed by atoms with Crippen molar-refractivity contribution in [3.8, 4) is 0 Å². The van der Waals surface area contributed by atoms with Gasteiger partial charge in [0.15, 0.2) is 11.9 Å². The molecule has 2 heterocycles. The number of hydrogen-bond acceptors (Lipinski definition) is 4. The van der Waals surface area contributed by atoms with Crippen LogP contribution in [0.2, 0.25) is 0 Å². The molecule has 7 N–H and O–H groups in total. The van der Waals surface area contributed by atoms with Crippen LogP contribution in [0.1, 0.15) is 41.8 Å². The van der Waals surface area contributed by atoms with Crippen molar-refractivity contribution in [1.82, 2.24) is 9.80 Å². The molecule has 0 atom stereocenters. The summed E-state index contributed by atoms with van der Waals surface area (Å²) in [6.07, 6.45) is 5.76. The van der Waals surface area contributed by atoms with Crippen LogP contribution in [-0.4, -0.2) is 61.2 Å². The Morgan fingerprint density at radius 1 is 0.892 bits per heavy atom. The van der Waals surface area contributed by atoms with Gasteiger partial charge in [-0.2, -0.15) is 0 Å². The van der Waals surface area contributed by atoms with Crippen molar-refractivity contribution in [2.24, 2.45) is 11.5 Å². The number of aldehydes is 1. The number of nitrogens with two attached hydrogens (primary N) is 2. The number of hydrogen-bond donors (Lipinski definition) is 5. The van der Waals surface area contributed by atoms with Gasteiger partial charge >= 0.3 is 0 Å². The van der Waals surface area contributed by atoms with Crippen molar-refractivity contribution >= 4 is 35.0 Å². The van der Waals surface area contributed by atoms with Gasteiger partial charge in [0.25, 0.3) is 0 Å². The van der Waals surface area contributed by atoms with Crippen LogP contribution in [0.5, 0.6) is 0 Å². The lowest BCUT2D eigenvalue weighted by Crippen LogP contribution is -2.39. The Kier molecular flexibility index (Phi) is 10.4. The quantitative estimate of drug-likeness (QED) is 0.238. The van der Waals surface area contributed by atoms with E-state index in [9.17, 15) is 13.6 Å². The summed E-state index contributed by atoms with van der Waals surface area (Å²) < 4.78 is 27.7. The molecule has 4 rings (SSSR count). The van der Waals surface area contributed by atoms with Gasteiger partial charge in [-0.1, -0.05) is 31.7 Å². The molecule has 0 saturated heterocycles. The molecule has 0 spiro atoms. The molecule has 198 valence electrons. The zero-order chi connectivity index (χ0) is 26.2. The maximum Gasteiger partial charge on any atom is 0.188 e. The van der Waals surface area contributed by atoms with Crippen molar-refractivity contribution in [2.45, 2.75) is 20.3 Å². The Labute approximate surface area is 216 Å². The average Bonchev–Trinajstić information content (AvgIpc) is 2.89. The third kappa shape index (κ3) is 7.39. The first-order chi connectivity index (χ1) is 17.2. The van der Waals surface area contributed by atoms with E-state index in [4.69, 9.17) is 22.3 Å². The number of benzene rings is 2. The number of guanidine groups is 2. The number of rotatable bonds is 4. The minimum Gasteiger partial charge on any atom is -0.388 e. The highest BCUT2D eigenvalue weighted by Gasteiger charge is 2.17. The molecule has 37 heavy (non-hydrogen) atoms. The van der Waals surface area contributed by atoms with Crippen LogP contribution in [-0.2, 0) is 0 Å². The van der Waals surface area contributed by atoms with E-state index < -0.39 is 0 Å². The molecular formula is C27H35F2N7O. The first kappa shape index (κ1) is 29.0. The number of carbonyl (C=O) groups excluding carboxylic acids is 1. The van der Waals surface area contributed by atoms with Crippen LogP contribution >= 0.6 is 0 Å². The minimum absolute atomic E-state index is 0. The summed E-state index contributed by atoms with van der Waals surface area (Å²) in [5.74, 6) is -0.509. The molecule has 2 aromatic carbocycles. The Morgan fingerprint density at radius 2 is 1.38 bits per heavy atom. The predicted octanol–water partition coefficient (Wildman–Crippen LogP) is 4.11. The Hall–Kier alpha value is -4.21. The number of anilines is 1. The first-order valence-electron chi connectivity index (χ1n) is 11.5. The van der Waals surface area contributed by atoms with E-state index in [-0.39, 0.29) is 31.0 Å². The maximum absolute atomic E-state index is 13.9. The van der Waals surface area contributed by atoms with Gasteiger partial charge < -0.3 is 26.6 Å². The lowest BCUT2D eigenvalue weighted by atomic mass is 9.98. The second-order valence-electron chi connectivity index (χ2n) is 8.42. The van der Waals surface area contributed by atoms with Gasteiger partial charge in [-0.25, -0.2) is 8.78 Å². The van der Waals surface area contributed by atoms with E-state index in [1.165, 1.54) is 12.1 Å². The maximum atomic E-state index is 13.9. The van der Waals surface area contributed by atoms with Crippen LogP contribution in [0.4, 0.5) is 14.5 Å². The number of halogens is 2. The second-order valence-corrected chi connectivity index (χ2v) is 8.42. The van der Waals surface area contributed by atoms with Crippen molar-refractivity contribution in [1.29, 1.82) is 10.8 Å². The van der Waals surface area contributed by atoms with Crippen LogP contribution in [0, 0.1) is 22.5 Å². The zero-order valence-corrected chi connectivity index (χ0v) is 20.2. The van der Waals surface area contributed by atoms with Gasteiger partial charge in [-0.3, -0.25) is 15.6 Å². The monoisotopic (exact) mass is 511 g/mol. The summed E-state index contributed by atoms with van der Waals surface area (Å²) in [4.78, 5) is 14.0. The van der Waals surface area contributed by atoms with Crippen LogP contribution in [0.15, 0.2) is 48.6 Å². The van der Waals surface area contributed by atoms with Crippen molar-refractivity contribution < 1.29 is 13.6 Å². The largest absolute Gasteiger partial charge is 0.388 e. The molecule has 0 aliphatic carbocycles. The minimum atomic E-state index is -0.387. The fourth-order valence-corrected chi connectivity index (χ4v) is 4.06. The van der Waals surface area contributed by atoms with E-state index >= 15 is 0 Å². The van der Waals surface area contributed by atoms with Gasteiger partial charge in [0.1, 0.15) is 17.9 Å². The summed E-state index contributed by atoms with van der Waals surface area (Å²) in [5.41, 5.74) is 14.9. The lowest BCUT2D eigenvalue weighted by molar-refractivity contribution is 0.112. The highest BCUT2D eigenvalue weighted by molar-refractivity contribution is 5.79. The summed E-state index contributed by atoms with van der Waals surface area (Å²) in [6.45, 7) is 2.35. The van der Waals surface area contributed by atoms with Crippen molar-refractivity contribution in [3.05, 3.63) is 76.9 Å². The van der Waals surface area contributed by atoms with Gasteiger partial charge in [-0.15, -0.1) is 0 Å². The number of nitrogens with one attached hydrogen (secondary N) is 3. The standard InChI is InChI=1S/C13H17FN4.C13H14FN3O.CH4/c1-17-10-2-3-11(12(14)8-10)9-4-6-18(7-5-9)13(15)16;14-12-7-9(8-18)1-2-11(12)10-3-5-17(6-4-10)13(15)16;/h2-4,8,17H,5-7H2,1H3,(H3,15,16);1-3,7-8H,4-6H2,(H3,15,16);1H4. The van der Waals surface area contributed by atoms with E-state index in [0.717, 1.165) is 16.8 Å². The van der Waals surface area contributed by atoms with Crippen LogP contribution in [0.25, 0.3) is 11.1 Å². The molecule has 0 saturated carbocycles. The van der Waals surface area contributed by atoms with Crippen molar-refractivity contribution in [3.63, 3.8) is 0 Å². The third-order valence-corrected chi connectivity index (χ3v) is 6.18. The lowest BCUT2D eigenvalue weighted by Gasteiger charge is -2.26. The van der Waals surface area contributed by atoms with E-state index in [1.807, 2.05) is 18.2 Å². The van der Waals surface area contributed by atoms with Gasteiger partial charge in [0.2, 0.25) is 0 Å². The average molecular weight is 512 g/mol. The summed E-state index contributed by atoms with van der Waals surface area (Å²) in [7, 11) is 1.76. The summed E-state index contributed by atoms with van der Waals surface area (Å²) >= 11 is 0. The molecule has 8 nitrogen and oxygen atoms in total. The van der Waals surface area contributed by atoms with Gasteiger partial charge in [0, 0.05) is 55.6 Å². The molecule has 2 aliphatic heterocycles. The fourth-order valence-electron chi connectivity index (χ4n) is 4.06. The molecular weight excluding hydrogens is 476 g/mol. The molecule has 0 aromatic heterocycles. The van der Waals surface area contributed by atoms with E-state index in [1.54, 1.807) is 35.0 Å². The normalized spacial score (nSPS) is 14.8. The molecule has 10 heteroatoms. The smallest absolute Gasteiger partial charge is 0.188 e. The third-order valence-electron chi connectivity index (χ3n) is 6.18. The highest BCUT2D eigenvalue weighted by Crippen LogP contribution is 2.27. The zero-order valence-electron chi connectivity index (χ0n) is 20.2. The van der Waals surface area contributed by atoms with Crippen LogP contribution < -0.4 is 16.8 Å². The molecule has 0 unspecified atom stereocenters. The molecule has 0 radical (unpaired) electrons. The number of nitrogens with zero attached hydrogens (tertiary/aromatic N) is 2. The topological polar surface area (TPSA) is 135 Å². The Morgan fingerprint density at radius 3 is 1.73 bits per heavy atom. The molecule has 0 bridgehead atoms. The second kappa shape index (κ2) is 13.2. The SMILES string of the molecule is C.CNc1ccc(C2=CCN(C(=N)N)CC2)c(F)c1.N=C(N)N1CC=C(c2ccc(C=O)cc2F)CC1. The van der Waals surface area contributed by atoms with Crippen LogP contribution in [0.3, 0.4) is 0 Å². The Bertz CT molecular complexity index is 1210. The summed E-state index contributed by atoms with van der Waals surface area (Å²) in [5, 5.41) is 17.6. The summed E-state index contributed by atoms with van der Waals surface area (Å²) in [6, 6.07) is 9.60. The van der Waals surface area contributed by atoms with Crippen molar-refractivity contribution in [2.75, 3.05) is 38.5 Å². The molecule has 2 aliphatic rings. The highest BCUT2D eigenvalue weighted by atomic mass is 19.1.